The minimum Gasteiger partial charge on any atom is -0.462 e. The molecule has 1 atom stereocenters. The van der Waals surface area contributed by atoms with Gasteiger partial charge in [0.1, 0.15) is 13.2 Å². The summed E-state index contributed by atoms with van der Waals surface area (Å²) in [6.45, 7) is 6.27. The Morgan fingerprint density at radius 1 is 0.323 bits per heavy atom. The fourth-order valence-electron chi connectivity index (χ4n) is 6.59. The van der Waals surface area contributed by atoms with Crippen molar-refractivity contribution in [1.29, 1.82) is 0 Å². The molecule has 0 amide bonds. The van der Waals surface area contributed by atoms with E-state index in [9.17, 15) is 14.4 Å². The van der Waals surface area contributed by atoms with E-state index in [1.807, 2.05) is 12.2 Å². The smallest absolute Gasteiger partial charge is 0.306 e. The molecule has 0 heterocycles. The van der Waals surface area contributed by atoms with Crippen molar-refractivity contribution in [3.8, 4) is 0 Å². The van der Waals surface area contributed by atoms with Crippen LogP contribution in [-0.4, -0.2) is 37.2 Å². The number of carbonyl (C=O) groups excluding carboxylic acids is 3. The van der Waals surface area contributed by atoms with E-state index >= 15 is 0 Å². The minimum absolute atomic E-state index is 0.120. The number of unbranched alkanes of at least 4 members (excludes halogenated alkanes) is 14. The number of esters is 3. The number of carbonyl (C=O) groups is 3. The maximum absolute atomic E-state index is 12.8. The fraction of sp³-hybridized carbons (Fsp3) is 0.610. The highest BCUT2D eigenvalue weighted by atomic mass is 16.6. The first-order chi connectivity index (χ1) is 32.0. The summed E-state index contributed by atoms with van der Waals surface area (Å²) in [5.74, 6) is -1.04. The van der Waals surface area contributed by atoms with E-state index in [1.165, 1.54) is 51.4 Å². The molecule has 0 aromatic rings. The molecule has 0 spiro atoms. The predicted molar refractivity (Wildman–Crippen MR) is 279 cm³/mol. The Bertz CT molecular complexity index is 1400. The molecule has 0 aliphatic heterocycles. The van der Waals surface area contributed by atoms with E-state index in [1.54, 1.807) is 0 Å². The number of ether oxygens (including phenoxy) is 3. The Kier molecular flexibility index (Phi) is 49.1. The molecule has 0 bridgehead atoms. The molecule has 0 aliphatic carbocycles. The van der Waals surface area contributed by atoms with Gasteiger partial charge in [0.2, 0.25) is 0 Å². The molecule has 0 aliphatic rings. The Balaban J connectivity index is 4.54. The van der Waals surface area contributed by atoms with Gasteiger partial charge in [0.25, 0.3) is 0 Å². The molecule has 6 heteroatoms. The van der Waals surface area contributed by atoms with Crippen LogP contribution in [0.25, 0.3) is 0 Å². The molecule has 0 saturated heterocycles. The third kappa shape index (κ3) is 50.7. The average molecular weight is 899 g/mol. The maximum atomic E-state index is 12.8. The molecule has 0 aromatic carbocycles. The van der Waals surface area contributed by atoms with E-state index in [0.29, 0.717) is 19.3 Å². The largest absolute Gasteiger partial charge is 0.462 e. The zero-order chi connectivity index (χ0) is 47.2. The van der Waals surface area contributed by atoms with Crippen LogP contribution >= 0.6 is 0 Å². The summed E-state index contributed by atoms with van der Waals surface area (Å²) in [6, 6.07) is 0. The normalized spacial score (nSPS) is 13.1. The van der Waals surface area contributed by atoms with Crippen LogP contribution in [0.3, 0.4) is 0 Å². The van der Waals surface area contributed by atoms with Crippen LogP contribution < -0.4 is 0 Å². The predicted octanol–water partition coefficient (Wildman–Crippen LogP) is 17.3. The van der Waals surface area contributed by atoms with Gasteiger partial charge in [-0.25, -0.2) is 0 Å². The van der Waals surface area contributed by atoms with Gasteiger partial charge in [-0.1, -0.05) is 200 Å². The van der Waals surface area contributed by atoms with Crippen molar-refractivity contribution in [2.45, 2.75) is 219 Å². The Hall–Kier alpha value is -4.19. The number of allylic oxidation sites excluding steroid dienone is 20. The second-order valence-electron chi connectivity index (χ2n) is 16.7. The lowest BCUT2D eigenvalue weighted by molar-refractivity contribution is -0.166. The monoisotopic (exact) mass is 899 g/mol. The first-order valence-corrected chi connectivity index (χ1v) is 26.0. The van der Waals surface area contributed by atoms with Gasteiger partial charge in [-0.15, -0.1) is 0 Å². The second-order valence-corrected chi connectivity index (χ2v) is 16.7. The first-order valence-electron chi connectivity index (χ1n) is 26.0. The van der Waals surface area contributed by atoms with Gasteiger partial charge in [0.05, 0.1) is 0 Å². The summed E-state index contributed by atoms with van der Waals surface area (Å²) in [5.41, 5.74) is 0. The maximum Gasteiger partial charge on any atom is 0.306 e. The van der Waals surface area contributed by atoms with Crippen molar-refractivity contribution in [3.05, 3.63) is 122 Å². The summed E-state index contributed by atoms with van der Waals surface area (Å²) < 4.78 is 16.7. The van der Waals surface area contributed by atoms with Crippen LogP contribution in [0.15, 0.2) is 122 Å². The molecule has 0 aromatic heterocycles. The molecule has 0 fully saturated rings. The fourth-order valence-corrected chi connectivity index (χ4v) is 6.59. The number of hydrogen-bond donors (Lipinski definition) is 0. The van der Waals surface area contributed by atoms with E-state index in [0.717, 1.165) is 116 Å². The lowest BCUT2D eigenvalue weighted by atomic mass is 10.1. The molecule has 65 heavy (non-hydrogen) atoms. The van der Waals surface area contributed by atoms with Crippen LogP contribution in [0.5, 0.6) is 0 Å². The molecule has 0 radical (unpaired) electrons. The lowest BCUT2D eigenvalue weighted by Gasteiger charge is -2.18. The molecule has 6 nitrogen and oxygen atoms in total. The van der Waals surface area contributed by atoms with E-state index in [2.05, 4.69) is 130 Å². The Labute approximate surface area is 399 Å². The van der Waals surface area contributed by atoms with Crippen LogP contribution in [0.4, 0.5) is 0 Å². The van der Waals surface area contributed by atoms with Crippen molar-refractivity contribution in [3.63, 3.8) is 0 Å². The molecule has 0 rings (SSSR count). The van der Waals surface area contributed by atoms with Crippen molar-refractivity contribution < 1.29 is 28.6 Å². The number of hydrogen-bond acceptors (Lipinski definition) is 6. The van der Waals surface area contributed by atoms with E-state index in [-0.39, 0.29) is 37.5 Å². The van der Waals surface area contributed by atoms with Crippen molar-refractivity contribution in [1.82, 2.24) is 0 Å². The summed E-state index contributed by atoms with van der Waals surface area (Å²) in [6.07, 6.45) is 71.9. The summed E-state index contributed by atoms with van der Waals surface area (Å²) >= 11 is 0. The highest BCUT2D eigenvalue weighted by molar-refractivity contribution is 5.71. The van der Waals surface area contributed by atoms with Gasteiger partial charge in [-0.3, -0.25) is 14.4 Å². The first kappa shape index (κ1) is 60.8. The number of rotatable bonds is 45. The highest BCUT2D eigenvalue weighted by Gasteiger charge is 2.19. The van der Waals surface area contributed by atoms with Crippen molar-refractivity contribution in [2.75, 3.05) is 13.2 Å². The van der Waals surface area contributed by atoms with Crippen molar-refractivity contribution >= 4 is 17.9 Å². The summed E-state index contributed by atoms with van der Waals surface area (Å²) in [5, 5.41) is 0. The lowest BCUT2D eigenvalue weighted by Crippen LogP contribution is -2.30. The molecule has 0 saturated carbocycles. The SMILES string of the molecule is CC/C=C\C/C=C\C/C=C\C/C=C\CCCCCCC(=O)OCC(COC(=O)CC/C=C\C/C=C\C/C=C\C/C=C\CC)OC(=O)CCCCCCCCC/C=C\C/C=C\CCCCC. The Morgan fingerprint density at radius 3 is 1.03 bits per heavy atom. The van der Waals surface area contributed by atoms with Crippen LogP contribution in [0, 0.1) is 0 Å². The van der Waals surface area contributed by atoms with Gasteiger partial charge in [-0.05, 0) is 116 Å². The van der Waals surface area contributed by atoms with Gasteiger partial charge in [-0.2, -0.15) is 0 Å². The minimum atomic E-state index is -0.824. The molecular weight excluding hydrogens is 805 g/mol. The van der Waals surface area contributed by atoms with Crippen LogP contribution in [-0.2, 0) is 28.6 Å². The van der Waals surface area contributed by atoms with Gasteiger partial charge in [0, 0.05) is 19.3 Å². The Morgan fingerprint density at radius 2 is 0.631 bits per heavy atom. The van der Waals surface area contributed by atoms with Gasteiger partial charge in [0.15, 0.2) is 6.10 Å². The van der Waals surface area contributed by atoms with Crippen LogP contribution in [0.1, 0.15) is 213 Å². The van der Waals surface area contributed by atoms with Gasteiger partial charge >= 0.3 is 17.9 Å². The van der Waals surface area contributed by atoms with Crippen LogP contribution in [0.2, 0.25) is 0 Å². The molecule has 1 unspecified atom stereocenters. The topological polar surface area (TPSA) is 78.9 Å². The summed E-state index contributed by atoms with van der Waals surface area (Å²) in [4.78, 5) is 38.0. The van der Waals surface area contributed by atoms with Crippen molar-refractivity contribution in [2.24, 2.45) is 0 Å². The zero-order valence-corrected chi connectivity index (χ0v) is 41.7. The standard InChI is InChI=1S/C59H94O6/c1-4-7-10-13-16-19-22-25-27-29-31-34-37-40-43-46-49-52-58(61)64-55-56(54-63-57(60)51-48-45-42-39-36-33-24-21-18-15-12-9-6-3)65-59(62)53-50-47-44-41-38-35-32-30-28-26-23-20-17-14-11-8-5-2/h7,9-10,12,16-21,25-28,31,33-34,36,42,45,56H,4-6,8,11,13-15,22-24,29-30,32,35,37-41,43-44,46-55H2,1-3H3/b10-7-,12-9-,19-16-,20-17-,21-18-,27-25-,28-26-,34-31-,36-33-,45-42-. The van der Waals surface area contributed by atoms with E-state index in [4.69, 9.17) is 14.2 Å². The zero-order valence-electron chi connectivity index (χ0n) is 41.7. The average Bonchev–Trinajstić information content (AvgIpc) is 3.30. The quantitative estimate of drug-likeness (QED) is 0.0262. The third-order valence-corrected chi connectivity index (χ3v) is 10.4. The molecule has 0 N–H and O–H groups in total. The highest BCUT2D eigenvalue weighted by Crippen LogP contribution is 2.13. The van der Waals surface area contributed by atoms with Gasteiger partial charge < -0.3 is 14.2 Å². The molecule has 366 valence electrons. The second kappa shape index (κ2) is 52.4. The summed E-state index contributed by atoms with van der Waals surface area (Å²) in [7, 11) is 0. The molecular formula is C59H94O6. The van der Waals surface area contributed by atoms with E-state index < -0.39 is 6.10 Å². The third-order valence-electron chi connectivity index (χ3n) is 10.4.